The number of hydrogen-bond acceptors (Lipinski definition) is 3. The molecule has 1 spiro atoms. The van der Waals surface area contributed by atoms with Crippen LogP contribution in [0.25, 0.3) is 0 Å². The number of carbonyl (C=O) groups is 1. The van der Waals surface area contributed by atoms with Gasteiger partial charge in [0.25, 0.3) is 0 Å². The van der Waals surface area contributed by atoms with E-state index in [0.29, 0.717) is 5.78 Å². The van der Waals surface area contributed by atoms with E-state index in [1.54, 1.807) is 7.11 Å². The molecule has 102 valence electrons. The summed E-state index contributed by atoms with van der Waals surface area (Å²) in [6.45, 7) is 0.969. The van der Waals surface area contributed by atoms with E-state index < -0.39 is 0 Å². The van der Waals surface area contributed by atoms with Crippen molar-refractivity contribution in [2.75, 3.05) is 13.7 Å². The van der Waals surface area contributed by atoms with Gasteiger partial charge in [-0.15, -0.1) is 0 Å². The summed E-state index contributed by atoms with van der Waals surface area (Å²) in [6.07, 6.45) is 6.45. The van der Waals surface area contributed by atoms with E-state index in [9.17, 15) is 4.79 Å². The number of methoxy groups -OCH3 is 1. The Kier molecular flexibility index (Phi) is 3.31. The van der Waals surface area contributed by atoms with E-state index >= 15 is 0 Å². The molecule has 1 saturated heterocycles. The minimum atomic E-state index is -0.294. The smallest absolute Gasteiger partial charge is 0.183 e. The number of aryl methyl sites for hydroxylation is 1. The van der Waals surface area contributed by atoms with Crippen LogP contribution in [0.15, 0.2) is 18.2 Å². The van der Waals surface area contributed by atoms with Gasteiger partial charge < -0.3 is 10.1 Å². The zero-order valence-electron chi connectivity index (χ0n) is 11.5. The Labute approximate surface area is 114 Å². The predicted octanol–water partition coefficient (Wildman–Crippen LogP) is 2.73. The maximum Gasteiger partial charge on any atom is 0.183 e. The molecule has 1 heterocycles. The third-order valence-electron chi connectivity index (χ3n) is 4.56. The lowest BCUT2D eigenvalue weighted by Gasteiger charge is -2.36. The van der Waals surface area contributed by atoms with Gasteiger partial charge in [0, 0.05) is 5.56 Å². The van der Waals surface area contributed by atoms with Crippen LogP contribution in [-0.4, -0.2) is 25.0 Å². The molecule has 1 N–H and O–H groups in total. The number of benzene rings is 1. The van der Waals surface area contributed by atoms with E-state index in [1.807, 2.05) is 18.2 Å². The average Bonchev–Trinajstić information content (AvgIpc) is 2.69. The van der Waals surface area contributed by atoms with Crippen LogP contribution < -0.4 is 10.1 Å². The second-order valence-electron chi connectivity index (χ2n) is 5.67. The molecule has 1 atom stereocenters. The van der Waals surface area contributed by atoms with Crippen LogP contribution in [0, 0.1) is 0 Å². The van der Waals surface area contributed by atoms with Gasteiger partial charge in [0.15, 0.2) is 5.78 Å². The number of carbonyl (C=O) groups excluding carboxylic acids is 1. The molecule has 3 heteroatoms. The molecule has 1 aromatic rings. The molecule has 2 aliphatic rings. The number of nitrogens with one attached hydrogen (secondary N) is 1. The Morgan fingerprint density at radius 2 is 2.11 bits per heavy atom. The molecule has 0 radical (unpaired) electrons. The van der Waals surface area contributed by atoms with Gasteiger partial charge in [-0.25, -0.2) is 0 Å². The Morgan fingerprint density at radius 3 is 2.95 bits per heavy atom. The third kappa shape index (κ3) is 2.16. The quantitative estimate of drug-likeness (QED) is 0.842. The van der Waals surface area contributed by atoms with Crippen molar-refractivity contribution in [2.45, 2.75) is 44.1 Å². The molecular formula is C16H21NO2. The van der Waals surface area contributed by atoms with Crippen molar-refractivity contribution in [1.29, 1.82) is 0 Å². The lowest BCUT2D eigenvalue weighted by molar-refractivity contribution is 0.0816. The average molecular weight is 259 g/mol. The zero-order valence-corrected chi connectivity index (χ0v) is 11.5. The number of Topliss-reactive ketones (excluding diaryl/α,β-unsaturated/α-hetero) is 1. The molecule has 0 aromatic heterocycles. The van der Waals surface area contributed by atoms with Crippen LogP contribution in [-0.2, 0) is 6.42 Å². The summed E-state index contributed by atoms with van der Waals surface area (Å²) in [6, 6.07) is 5.84. The molecule has 19 heavy (non-hydrogen) atoms. The van der Waals surface area contributed by atoms with Gasteiger partial charge in [-0.3, -0.25) is 4.79 Å². The molecule has 1 unspecified atom stereocenters. The highest BCUT2D eigenvalue weighted by atomic mass is 16.5. The van der Waals surface area contributed by atoms with Crippen LogP contribution >= 0.6 is 0 Å². The van der Waals surface area contributed by atoms with Crippen LogP contribution in [0.2, 0.25) is 0 Å². The molecule has 0 amide bonds. The number of hydrogen-bond donors (Lipinski definition) is 1. The van der Waals surface area contributed by atoms with Gasteiger partial charge in [0.1, 0.15) is 5.75 Å². The molecule has 0 bridgehead atoms. The van der Waals surface area contributed by atoms with Gasteiger partial charge in [-0.05, 0) is 56.0 Å². The number of ether oxygens (including phenoxy) is 1. The van der Waals surface area contributed by atoms with E-state index in [2.05, 4.69) is 5.32 Å². The summed E-state index contributed by atoms with van der Waals surface area (Å²) >= 11 is 0. The molecule has 3 rings (SSSR count). The van der Waals surface area contributed by atoms with Gasteiger partial charge in [0.05, 0.1) is 12.6 Å². The summed E-state index contributed by atoms with van der Waals surface area (Å²) in [7, 11) is 1.67. The van der Waals surface area contributed by atoms with E-state index in [-0.39, 0.29) is 5.54 Å². The number of rotatable bonds is 1. The van der Waals surface area contributed by atoms with Gasteiger partial charge in [-0.2, -0.15) is 0 Å². The standard InChI is InChI=1S/C16H21NO2/c1-19-13-5-6-14-12(11-13)7-9-16(15(14)18)8-3-2-4-10-17-16/h5-6,11,17H,2-4,7-10H2,1H3. The predicted molar refractivity (Wildman–Crippen MR) is 74.8 cm³/mol. The molecule has 3 nitrogen and oxygen atoms in total. The lowest BCUT2D eigenvalue weighted by Crippen LogP contribution is -2.54. The SMILES string of the molecule is COc1ccc2c(c1)CCC1(CCCCCN1)C2=O. The number of fused-ring (bicyclic) bond motifs is 1. The first kappa shape index (κ1) is 12.7. The van der Waals surface area contributed by atoms with Crippen LogP contribution in [0.3, 0.4) is 0 Å². The van der Waals surface area contributed by atoms with Gasteiger partial charge >= 0.3 is 0 Å². The normalized spacial score (nSPS) is 26.9. The van der Waals surface area contributed by atoms with Gasteiger partial charge in [-0.1, -0.05) is 12.8 Å². The second kappa shape index (κ2) is 4.97. The highest BCUT2D eigenvalue weighted by molar-refractivity contribution is 6.05. The summed E-state index contributed by atoms with van der Waals surface area (Å²) in [5, 5.41) is 3.54. The highest BCUT2D eigenvalue weighted by Gasteiger charge is 2.42. The zero-order chi connectivity index (χ0) is 13.3. The minimum Gasteiger partial charge on any atom is -0.497 e. The molecule has 1 fully saturated rings. The third-order valence-corrected chi connectivity index (χ3v) is 4.56. The van der Waals surface area contributed by atoms with Crippen molar-refractivity contribution < 1.29 is 9.53 Å². The molecule has 1 aliphatic carbocycles. The first-order valence-electron chi connectivity index (χ1n) is 7.22. The van der Waals surface area contributed by atoms with Crippen LogP contribution in [0.1, 0.15) is 48.0 Å². The van der Waals surface area contributed by atoms with Crippen molar-refractivity contribution in [3.8, 4) is 5.75 Å². The Balaban J connectivity index is 1.95. The van der Waals surface area contributed by atoms with Crippen LogP contribution in [0.4, 0.5) is 0 Å². The fourth-order valence-corrected chi connectivity index (χ4v) is 3.40. The monoisotopic (exact) mass is 259 g/mol. The summed E-state index contributed by atoms with van der Waals surface area (Å²) in [5.41, 5.74) is 1.74. The Bertz CT molecular complexity index is 488. The van der Waals surface area contributed by atoms with Crippen molar-refractivity contribution in [3.63, 3.8) is 0 Å². The number of ketones is 1. The fourth-order valence-electron chi connectivity index (χ4n) is 3.40. The largest absolute Gasteiger partial charge is 0.497 e. The first-order chi connectivity index (χ1) is 9.25. The second-order valence-corrected chi connectivity index (χ2v) is 5.67. The molecular weight excluding hydrogens is 238 g/mol. The summed E-state index contributed by atoms with van der Waals surface area (Å²) in [5.74, 6) is 1.13. The van der Waals surface area contributed by atoms with Gasteiger partial charge in [0.2, 0.25) is 0 Å². The minimum absolute atomic E-state index is 0.290. The Hall–Kier alpha value is -1.35. The van der Waals surface area contributed by atoms with E-state index in [0.717, 1.165) is 49.1 Å². The topological polar surface area (TPSA) is 38.3 Å². The fraction of sp³-hybridized carbons (Fsp3) is 0.562. The van der Waals surface area contributed by atoms with Crippen molar-refractivity contribution in [3.05, 3.63) is 29.3 Å². The van der Waals surface area contributed by atoms with Crippen molar-refractivity contribution in [1.82, 2.24) is 5.32 Å². The van der Waals surface area contributed by atoms with Crippen molar-refractivity contribution in [2.24, 2.45) is 0 Å². The molecule has 1 aromatic carbocycles. The van der Waals surface area contributed by atoms with Crippen LogP contribution in [0.5, 0.6) is 5.75 Å². The maximum atomic E-state index is 12.8. The summed E-state index contributed by atoms with van der Waals surface area (Å²) < 4.78 is 5.25. The van der Waals surface area contributed by atoms with E-state index in [1.165, 1.54) is 12.8 Å². The Morgan fingerprint density at radius 1 is 1.21 bits per heavy atom. The molecule has 1 aliphatic heterocycles. The van der Waals surface area contributed by atoms with E-state index in [4.69, 9.17) is 4.74 Å². The summed E-state index contributed by atoms with van der Waals surface area (Å²) in [4.78, 5) is 12.8. The van der Waals surface area contributed by atoms with Crippen molar-refractivity contribution >= 4 is 5.78 Å². The first-order valence-corrected chi connectivity index (χ1v) is 7.22. The molecule has 0 saturated carbocycles. The lowest BCUT2D eigenvalue weighted by atomic mass is 9.74. The maximum absolute atomic E-state index is 12.8. The highest BCUT2D eigenvalue weighted by Crippen LogP contribution is 2.35.